The smallest absolute Gasteiger partial charge is 0.315 e. The van der Waals surface area contributed by atoms with Crippen LogP contribution < -0.4 is 10.6 Å². The normalized spacial score (nSPS) is 23.5. The van der Waals surface area contributed by atoms with Crippen molar-refractivity contribution < 1.29 is 9.00 Å². The Morgan fingerprint density at radius 3 is 2.95 bits per heavy atom. The van der Waals surface area contributed by atoms with Crippen LogP contribution in [0.15, 0.2) is 18.3 Å². The van der Waals surface area contributed by atoms with Gasteiger partial charge in [-0.3, -0.25) is 4.21 Å². The molecule has 0 radical (unpaired) electrons. The zero-order valence-corrected chi connectivity index (χ0v) is 13.6. The highest BCUT2D eigenvalue weighted by Gasteiger charge is 2.26. The number of hydrogen-bond acceptors (Lipinski definition) is 2. The van der Waals surface area contributed by atoms with Gasteiger partial charge < -0.3 is 15.2 Å². The number of nitrogens with zero attached hydrogens (tertiary/aromatic N) is 1. The third-order valence-corrected chi connectivity index (χ3v) is 5.84. The van der Waals surface area contributed by atoms with E-state index in [-0.39, 0.29) is 17.3 Å². The summed E-state index contributed by atoms with van der Waals surface area (Å²) in [4.78, 5) is 12.0. The summed E-state index contributed by atoms with van der Waals surface area (Å²) in [7, 11) is 1.20. The molecule has 1 aliphatic rings. The van der Waals surface area contributed by atoms with E-state index in [1.165, 1.54) is 0 Å². The van der Waals surface area contributed by atoms with Gasteiger partial charge in [0.25, 0.3) is 0 Å². The first-order valence-electron chi connectivity index (χ1n) is 7.62. The Bertz CT molecular complexity index is 501. The van der Waals surface area contributed by atoms with Crippen molar-refractivity contribution in [2.75, 3.05) is 5.75 Å². The van der Waals surface area contributed by atoms with Crippen molar-refractivity contribution in [3.05, 3.63) is 24.0 Å². The van der Waals surface area contributed by atoms with Crippen molar-refractivity contribution in [2.45, 2.75) is 50.4 Å². The van der Waals surface area contributed by atoms with E-state index in [0.29, 0.717) is 12.3 Å². The summed E-state index contributed by atoms with van der Waals surface area (Å²) in [6.45, 7) is 2.48. The summed E-state index contributed by atoms with van der Waals surface area (Å²) in [6, 6.07) is 3.96. The van der Waals surface area contributed by atoms with Crippen LogP contribution in [0, 0.1) is 0 Å². The average Bonchev–Trinajstić information content (AvgIpc) is 2.90. The van der Waals surface area contributed by atoms with E-state index in [1.807, 2.05) is 36.9 Å². The maximum Gasteiger partial charge on any atom is 0.315 e. The second kappa shape index (κ2) is 7.64. The highest BCUT2D eigenvalue weighted by Crippen LogP contribution is 2.22. The number of carbonyl (C=O) groups is 1. The number of urea groups is 1. The van der Waals surface area contributed by atoms with Crippen molar-refractivity contribution in [3.63, 3.8) is 0 Å². The Morgan fingerprint density at radius 1 is 1.48 bits per heavy atom. The summed E-state index contributed by atoms with van der Waals surface area (Å²) in [5.74, 6) is 0.705. The van der Waals surface area contributed by atoms with E-state index < -0.39 is 10.8 Å². The summed E-state index contributed by atoms with van der Waals surface area (Å²) >= 11 is 0. The largest absolute Gasteiger partial charge is 0.353 e. The molecule has 0 saturated heterocycles. The van der Waals surface area contributed by atoms with E-state index >= 15 is 0 Å². The lowest BCUT2D eigenvalue weighted by molar-refractivity contribution is 0.232. The molecule has 1 fully saturated rings. The standard InChI is InChI=1S/C15H25N3O2S/c1-3-21(20)14-8-4-6-12(10-14)17-15(19)16-11-13-7-5-9-18(13)2/h5,7,9,12,14H,3-4,6,8,10-11H2,1-2H3,(H2,16,17,19)/t12-,14+,21+/m0/s1. The molecule has 6 heteroatoms. The highest BCUT2D eigenvalue weighted by molar-refractivity contribution is 7.85. The Morgan fingerprint density at radius 2 is 2.29 bits per heavy atom. The molecule has 0 aromatic carbocycles. The van der Waals surface area contributed by atoms with Crippen LogP contribution in [0.5, 0.6) is 0 Å². The fourth-order valence-electron chi connectivity index (χ4n) is 2.84. The SMILES string of the molecule is CC[S@@](=O)[C@@H]1CCC[C@H](NC(=O)NCc2cccn2C)C1. The van der Waals surface area contributed by atoms with Gasteiger partial charge in [0.15, 0.2) is 0 Å². The number of hydrogen-bond donors (Lipinski definition) is 2. The lowest BCUT2D eigenvalue weighted by Crippen LogP contribution is -2.45. The molecule has 0 aliphatic heterocycles. The molecule has 118 valence electrons. The van der Waals surface area contributed by atoms with Crippen LogP contribution in [-0.4, -0.2) is 31.9 Å². The van der Waals surface area contributed by atoms with Gasteiger partial charge in [0.05, 0.1) is 6.54 Å². The van der Waals surface area contributed by atoms with E-state index in [2.05, 4.69) is 10.6 Å². The summed E-state index contributed by atoms with van der Waals surface area (Å²) in [5, 5.41) is 6.14. The van der Waals surface area contributed by atoms with Crippen LogP contribution in [0.4, 0.5) is 4.79 Å². The molecule has 2 rings (SSSR count). The van der Waals surface area contributed by atoms with E-state index in [1.54, 1.807) is 0 Å². The maximum absolute atomic E-state index is 12.0. The summed E-state index contributed by atoms with van der Waals surface area (Å²) in [6.07, 6.45) is 5.83. The Balaban J connectivity index is 1.77. The van der Waals surface area contributed by atoms with Crippen LogP contribution in [0.25, 0.3) is 0 Å². The molecule has 2 N–H and O–H groups in total. The first-order valence-corrected chi connectivity index (χ1v) is 9.00. The molecular weight excluding hydrogens is 286 g/mol. The van der Waals surface area contributed by atoms with E-state index in [0.717, 1.165) is 31.4 Å². The van der Waals surface area contributed by atoms with Crippen LogP contribution in [-0.2, 0) is 24.4 Å². The van der Waals surface area contributed by atoms with E-state index in [9.17, 15) is 9.00 Å². The van der Waals surface area contributed by atoms with Crippen LogP contribution >= 0.6 is 0 Å². The molecule has 2 amide bonds. The van der Waals surface area contributed by atoms with Crippen molar-refractivity contribution >= 4 is 16.8 Å². The average molecular weight is 311 g/mol. The maximum atomic E-state index is 12.0. The molecule has 1 heterocycles. The zero-order valence-electron chi connectivity index (χ0n) is 12.8. The first kappa shape index (κ1) is 16.1. The van der Waals surface area contributed by atoms with Crippen LogP contribution in [0.2, 0.25) is 0 Å². The van der Waals surface area contributed by atoms with Crippen molar-refractivity contribution in [1.29, 1.82) is 0 Å². The minimum Gasteiger partial charge on any atom is -0.353 e. The van der Waals surface area contributed by atoms with Crippen LogP contribution in [0.1, 0.15) is 38.3 Å². The number of rotatable bonds is 5. The fourth-order valence-corrected chi connectivity index (χ4v) is 4.19. The van der Waals surface area contributed by atoms with Crippen molar-refractivity contribution in [1.82, 2.24) is 15.2 Å². The van der Waals surface area contributed by atoms with Gasteiger partial charge in [0.2, 0.25) is 0 Å². The van der Waals surface area contributed by atoms with Gasteiger partial charge in [-0.25, -0.2) is 4.79 Å². The van der Waals surface area contributed by atoms with Gasteiger partial charge >= 0.3 is 6.03 Å². The quantitative estimate of drug-likeness (QED) is 0.872. The number of amides is 2. The molecular formula is C15H25N3O2S. The van der Waals surface area contributed by atoms with Gasteiger partial charge in [-0.2, -0.15) is 0 Å². The Hall–Kier alpha value is -1.30. The van der Waals surface area contributed by atoms with Crippen molar-refractivity contribution in [2.24, 2.45) is 7.05 Å². The number of carbonyl (C=O) groups excluding carboxylic acids is 1. The molecule has 1 aromatic heterocycles. The summed E-state index contributed by atoms with van der Waals surface area (Å²) < 4.78 is 13.9. The molecule has 5 nitrogen and oxygen atoms in total. The molecule has 1 aromatic rings. The predicted octanol–water partition coefficient (Wildman–Crippen LogP) is 1.90. The highest BCUT2D eigenvalue weighted by atomic mass is 32.2. The minimum atomic E-state index is -0.755. The van der Waals surface area contributed by atoms with Crippen molar-refractivity contribution in [3.8, 4) is 0 Å². The third-order valence-electron chi connectivity index (χ3n) is 4.10. The van der Waals surface area contributed by atoms with Gasteiger partial charge in [0.1, 0.15) is 0 Å². The number of nitrogens with one attached hydrogen (secondary N) is 2. The third kappa shape index (κ3) is 4.59. The summed E-state index contributed by atoms with van der Waals surface area (Å²) in [5.41, 5.74) is 1.07. The first-order chi connectivity index (χ1) is 10.1. The lowest BCUT2D eigenvalue weighted by Gasteiger charge is -2.29. The lowest BCUT2D eigenvalue weighted by atomic mass is 9.95. The number of aryl methyl sites for hydroxylation is 1. The van der Waals surface area contributed by atoms with Gasteiger partial charge in [-0.1, -0.05) is 13.3 Å². The predicted molar refractivity (Wildman–Crippen MR) is 85.5 cm³/mol. The molecule has 1 aliphatic carbocycles. The van der Waals surface area contributed by atoms with Gasteiger partial charge in [0, 0.05) is 46.8 Å². The molecule has 1 saturated carbocycles. The second-order valence-electron chi connectivity index (χ2n) is 5.59. The van der Waals surface area contributed by atoms with Gasteiger partial charge in [-0.15, -0.1) is 0 Å². The monoisotopic (exact) mass is 311 g/mol. The molecule has 3 atom stereocenters. The molecule has 21 heavy (non-hydrogen) atoms. The topological polar surface area (TPSA) is 63.1 Å². The second-order valence-corrected chi connectivity index (χ2v) is 7.60. The Labute approximate surface area is 128 Å². The Kier molecular flexibility index (Phi) is 5.85. The number of aromatic nitrogens is 1. The molecule has 0 unspecified atom stereocenters. The van der Waals surface area contributed by atoms with E-state index in [4.69, 9.17) is 0 Å². The molecule has 0 bridgehead atoms. The minimum absolute atomic E-state index is 0.135. The molecule has 0 spiro atoms. The van der Waals surface area contributed by atoms with Gasteiger partial charge in [-0.05, 0) is 31.4 Å². The zero-order chi connectivity index (χ0) is 15.2. The van der Waals surface area contributed by atoms with Crippen LogP contribution in [0.3, 0.4) is 0 Å². The fraction of sp³-hybridized carbons (Fsp3) is 0.667.